The number of halogens is 6. The van der Waals surface area contributed by atoms with Gasteiger partial charge in [0.25, 0.3) is 0 Å². The number of ketones is 2. The first-order valence-electron chi connectivity index (χ1n) is 4.07. The van der Waals surface area contributed by atoms with E-state index in [4.69, 9.17) is 0 Å². The van der Waals surface area contributed by atoms with E-state index >= 15 is 0 Å². The Kier molecular flexibility index (Phi) is 11.7. The third-order valence-corrected chi connectivity index (χ3v) is 1.01. The second-order valence-corrected chi connectivity index (χ2v) is 5.98. The van der Waals surface area contributed by atoms with E-state index in [0.29, 0.717) is 7.92 Å². The van der Waals surface area contributed by atoms with Crippen LogP contribution in [-0.4, -0.2) is 50.3 Å². The Morgan fingerprint density at radius 2 is 1.28 bits per heavy atom. The fourth-order valence-electron chi connectivity index (χ4n) is 0.389. The maximum Gasteiger partial charge on any atom is 0.456 e. The average Bonchev–Trinajstić information content (AvgIpc) is 2.12. The molecule has 0 spiro atoms. The first kappa shape index (κ1) is 23.2. The van der Waals surface area contributed by atoms with Crippen molar-refractivity contribution in [1.82, 2.24) is 0 Å². The zero-order valence-electron chi connectivity index (χ0n) is 9.54. The van der Waals surface area contributed by atoms with Gasteiger partial charge in [0.2, 0.25) is 5.78 Å². The average molecular weight is 392 g/mol. The fourth-order valence-corrected chi connectivity index (χ4v) is 0.389. The van der Waals surface area contributed by atoms with E-state index in [9.17, 15) is 35.9 Å². The van der Waals surface area contributed by atoms with E-state index in [1.165, 1.54) is 0 Å². The van der Waals surface area contributed by atoms with E-state index in [-0.39, 0.29) is 22.4 Å². The van der Waals surface area contributed by atoms with Crippen LogP contribution in [0.2, 0.25) is 0 Å². The molecule has 0 bridgehead atoms. The van der Waals surface area contributed by atoms with Gasteiger partial charge in [-0.25, -0.2) is 4.39 Å². The molecule has 0 N–H and O–H groups in total. The van der Waals surface area contributed by atoms with E-state index in [2.05, 4.69) is 20.0 Å². The normalized spacial score (nSPS) is 11.2. The van der Waals surface area contributed by atoms with Crippen LogP contribution < -0.4 is 0 Å². The van der Waals surface area contributed by atoms with Gasteiger partial charge in [0.05, 0.1) is 0 Å². The smallest absolute Gasteiger partial charge is 0.289 e. The second kappa shape index (κ2) is 9.07. The van der Waals surface area contributed by atoms with Crippen LogP contribution in [0, 0.1) is 0 Å². The van der Waals surface area contributed by atoms with Crippen molar-refractivity contribution in [2.45, 2.75) is 12.1 Å². The Balaban J connectivity index is -0.000000392. The summed E-state index contributed by atoms with van der Waals surface area (Å²) in [7, 11) is 0.380. The number of rotatable bonds is 3. The molecule has 10 heteroatoms. The molecule has 1 radical (unpaired) electrons. The molecule has 0 atom stereocenters. The summed E-state index contributed by atoms with van der Waals surface area (Å²) >= 11 is 0. The number of hydrogen-bond donors (Lipinski definition) is 0. The molecule has 0 saturated carbocycles. The van der Waals surface area contributed by atoms with Crippen LogP contribution in [0.25, 0.3) is 0 Å². The summed E-state index contributed by atoms with van der Waals surface area (Å²) in [6.07, 6.45) is -5.85. The maximum atomic E-state index is 12.0. The number of hydrogen-bond acceptors (Lipinski definition) is 2. The van der Waals surface area contributed by atoms with Gasteiger partial charge in [-0.2, -0.15) is 22.0 Å². The Morgan fingerprint density at radius 1 is 1.00 bits per heavy atom. The first-order chi connectivity index (χ1) is 7.37. The molecule has 18 heavy (non-hydrogen) atoms. The number of carbonyl (C=O) groups is 2. The molecule has 2 nitrogen and oxygen atoms in total. The molecule has 0 rings (SSSR count). The zero-order valence-corrected chi connectivity index (χ0v) is 11.9. The second-order valence-electron chi connectivity index (χ2n) is 3.30. The topological polar surface area (TPSA) is 34.1 Å². The molecule has 0 aromatic rings. The minimum absolute atomic E-state index is 0. The van der Waals surface area contributed by atoms with Crippen molar-refractivity contribution < 1.29 is 58.3 Å². The van der Waals surface area contributed by atoms with Crippen molar-refractivity contribution >= 4 is 19.5 Å². The van der Waals surface area contributed by atoms with Gasteiger partial charge in [-0.3, -0.25) is 9.59 Å². The predicted molar refractivity (Wildman–Crippen MR) is 51.7 cm³/mol. The molecule has 0 aromatic carbocycles. The molecule has 0 aliphatic rings. The van der Waals surface area contributed by atoms with Gasteiger partial charge < -0.3 is 0 Å². The standard InChI is InChI=1S/C5H2F6O2.C3H9P.Ag/c6-1-2(12)4(7,8)3(13)5(9,10)11;1-4(2)3;/h1H2;1-3H3;. The number of carbonyl (C=O) groups excluding carboxylic acids is 2. The maximum absolute atomic E-state index is 12.0. The van der Waals surface area contributed by atoms with Gasteiger partial charge in [-0.15, -0.1) is 7.92 Å². The van der Waals surface area contributed by atoms with Crippen molar-refractivity contribution in [3.05, 3.63) is 0 Å². The van der Waals surface area contributed by atoms with Gasteiger partial charge in [0.15, 0.2) is 6.67 Å². The van der Waals surface area contributed by atoms with Gasteiger partial charge >= 0.3 is 17.9 Å². The molecular formula is C8H11AgF6O2P. The third kappa shape index (κ3) is 9.08. The zero-order chi connectivity index (χ0) is 14.4. The van der Waals surface area contributed by atoms with Crippen molar-refractivity contribution in [2.75, 3.05) is 26.7 Å². The molecule has 113 valence electrons. The van der Waals surface area contributed by atoms with Crippen molar-refractivity contribution in [3.63, 3.8) is 0 Å². The fraction of sp³-hybridized carbons (Fsp3) is 0.750. The predicted octanol–water partition coefficient (Wildman–Crippen LogP) is 2.65. The van der Waals surface area contributed by atoms with Crippen molar-refractivity contribution in [2.24, 2.45) is 0 Å². The molecular weight excluding hydrogens is 381 g/mol. The summed E-state index contributed by atoms with van der Waals surface area (Å²) < 4.78 is 69.4. The molecule has 0 aromatic heterocycles. The van der Waals surface area contributed by atoms with Gasteiger partial charge in [0.1, 0.15) is 0 Å². The summed E-state index contributed by atoms with van der Waals surface area (Å²) in [5, 5.41) is 0. The summed E-state index contributed by atoms with van der Waals surface area (Å²) in [5.41, 5.74) is 0. The Labute approximate surface area is 117 Å². The van der Waals surface area contributed by atoms with E-state index in [1.807, 2.05) is 0 Å². The largest absolute Gasteiger partial charge is 0.456 e. The molecule has 0 aliphatic carbocycles. The third-order valence-electron chi connectivity index (χ3n) is 1.01. The summed E-state index contributed by atoms with van der Waals surface area (Å²) in [5.74, 6) is -11.6. The van der Waals surface area contributed by atoms with Gasteiger partial charge in [-0.05, 0) is 20.0 Å². The summed E-state index contributed by atoms with van der Waals surface area (Å²) in [4.78, 5) is 19.7. The molecule has 0 heterocycles. The Morgan fingerprint density at radius 3 is 1.44 bits per heavy atom. The van der Waals surface area contributed by atoms with Crippen LogP contribution in [-0.2, 0) is 32.0 Å². The first-order valence-corrected chi connectivity index (χ1v) is 6.75. The Hall–Kier alpha value is 0.0903. The summed E-state index contributed by atoms with van der Waals surface area (Å²) in [6, 6.07) is 0. The van der Waals surface area contributed by atoms with Crippen LogP contribution >= 0.6 is 7.92 Å². The molecule has 0 aliphatic heterocycles. The quantitative estimate of drug-likeness (QED) is 0.321. The minimum atomic E-state index is -5.85. The Bertz CT molecular complexity index is 276. The SMILES string of the molecule is CP(C)C.O=C(CF)C(F)(F)C(=O)C(F)(F)F.[Ag]. The minimum Gasteiger partial charge on any atom is -0.289 e. The van der Waals surface area contributed by atoms with E-state index in [0.717, 1.165) is 0 Å². The molecule has 0 unspecified atom stereocenters. The van der Waals surface area contributed by atoms with Gasteiger partial charge in [0, 0.05) is 22.4 Å². The van der Waals surface area contributed by atoms with Crippen LogP contribution in [0.5, 0.6) is 0 Å². The van der Waals surface area contributed by atoms with Crippen molar-refractivity contribution in [1.29, 1.82) is 0 Å². The van der Waals surface area contributed by atoms with Crippen molar-refractivity contribution in [3.8, 4) is 0 Å². The molecule has 0 fully saturated rings. The van der Waals surface area contributed by atoms with Crippen LogP contribution in [0.4, 0.5) is 26.3 Å². The molecule has 0 saturated heterocycles. The van der Waals surface area contributed by atoms with Crippen LogP contribution in [0.3, 0.4) is 0 Å². The van der Waals surface area contributed by atoms with E-state index < -0.39 is 30.3 Å². The van der Waals surface area contributed by atoms with E-state index in [1.54, 1.807) is 0 Å². The van der Waals surface area contributed by atoms with Crippen LogP contribution in [0.15, 0.2) is 0 Å². The van der Waals surface area contributed by atoms with Crippen LogP contribution in [0.1, 0.15) is 0 Å². The molecule has 0 amide bonds. The number of Topliss-reactive ketones (excluding diaryl/α,β-unsaturated/α-hetero) is 2. The van der Waals surface area contributed by atoms with Gasteiger partial charge in [-0.1, -0.05) is 0 Å². The summed E-state index contributed by atoms with van der Waals surface area (Å²) in [6.45, 7) is 4.37. The number of alkyl halides is 6. The monoisotopic (exact) mass is 391 g/mol.